The van der Waals surface area contributed by atoms with Gasteiger partial charge in [0.05, 0.1) is 0 Å². The molecule has 0 aliphatic heterocycles. The fraction of sp³-hybridized carbons (Fsp3) is 0.519. The van der Waals surface area contributed by atoms with Crippen molar-refractivity contribution in [3.8, 4) is 11.4 Å². The van der Waals surface area contributed by atoms with Gasteiger partial charge in [-0.2, -0.15) is 0 Å². The summed E-state index contributed by atoms with van der Waals surface area (Å²) in [6.45, 7) is 4.32. The number of esters is 1. The number of ether oxygens (including phenoxy) is 1. The van der Waals surface area contributed by atoms with Crippen LogP contribution in [0.3, 0.4) is 0 Å². The number of rotatable bonds is 10. The van der Waals surface area contributed by atoms with E-state index in [4.69, 9.17) is 4.74 Å². The molecular weight excluding hydrogens is 384 g/mol. The number of hydrogen-bond donors (Lipinski definition) is 0. The van der Waals surface area contributed by atoms with Crippen LogP contribution in [0.2, 0.25) is 0 Å². The zero-order valence-electron chi connectivity index (χ0n) is 19.1. The number of hydrogen-bond acceptors (Lipinski definition) is 4. The van der Waals surface area contributed by atoms with Crippen molar-refractivity contribution in [2.75, 3.05) is 0 Å². The molecule has 0 bridgehead atoms. The fourth-order valence-electron chi connectivity index (χ4n) is 4.18. The lowest BCUT2D eigenvalue weighted by Crippen LogP contribution is -2.23. The third-order valence-corrected chi connectivity index (χ3v) is 6.08. The molecule has 0 N–H and O–H groups in total. The van der Waals surface area contributed by atoms with E-state index >= 15 is 0 Å². The summed E-state index contributed by atoms with van der Waals surface area (Å²) in [6.07, 6.45) is 18.1. The van der Waals surface area contributed by atoms with Crippen LogP contribution in [-0.4, -0.2) is 22.0 Å². The molecule has 0 radical (unpaired) electrons. The number of nitrogens with zero attached hydrogens (tertiary/aromatic N) is 2. The zero-order chi connectivity index (χ0) is 21.9. The standard InChI is InChI=1S/C27H36N2O2/c1-3-5-7-9-21-19-28-27(29-20-21)24-13-11-22(12-14-24)23-15-17-25(18-16-23)31-26(30)10-8-6-4-2/h8,10-14,19-20,23,25H,3-7,9,15-18H2,1-2H3/b10-8+. The van der Waals surface area contributed by atoms with E-state index in [1.807, 2.05) is 18.5 Å². The first-order valence-electron chi connectivity index (χ1n) is 12.0. The first-order valence-corrected chi connectivity index (χ1v) is 12.0. The van der Waals surface area contributed by atoms with E-state index in [1.54, 1.807) is 6.08 Å². The number of allylic oxidation sites excluding steroid dienone is 1. The van der Waals surface area contributed by atoms with E-state index in [2.05, 4.69) is 48.1 Å². The van der Waals surface area contributed by atoms with Gasteiger partial charge < -0.3 is 4.74 Å². The minimum absolute atomic E-state index is 0.0542. The molecule has 1 fully saturated rings. The van der Waals surface area contributed by atoms with Crippen molar-refractivity contribution in [2.24, 2.45) is 0 Å². The molecule has 3 rings (SSSR count). The predicted molar refractivity (Wildman–Crippen MR) is 126 cm³/mol. The van der Waals surface area contributed by atoms with E-state index in [0.29, 0.717) is 5.92 Å². The smallest absolute Gasteiger partial charge is 0.330 e. The highest BCUT2D eigenvalue weighted by atomic mass is 16.5. The maximum Gasteiger partial charge on any atom is 0.330 e. The number of aromatic nitrogens is 2. The molecule has 4 heteroatoms. The highest BCUT2D eigenvalue weighted by molar-refractivity contribution is 5.82. The molecule has 0 atom stereocenters. The predicted octanol–water partition coefficient (Wildman–Crippen LogP) is 6.80. The molecule has 0 spiro atoms. The molecular formula is C27H36N2O2. The molecule has 2 aromatic rings. The molecule has 166 valence electrons. The van der Waals surface area contributed by atoms with Crippen LogP contribution in [0.25, 0.3) is 11.4 Å². The largest absolute Gasteiger partial charge is 0.459 e. The van der Waals surface area contributed by atoms with Crippen LogP contribution >= 0.6 is 0 Å². The van der Waals surface area contributed by atoms with Gasteiger partial charge in [-0.1, -0.05) is 63.5 Å². The Morgan fingerprint density at radius 2 is 1.71 bits per heavy atom. The second-order valence-corrected chi connectivity index (χ2v) is 8.60. The maximum absolute atomic E-state index is 11.9. The molecule has 1 aliphatic rings. The molecule has 1 aromatic heterocycles. The van der Waals surface area contributed by atoms with Gasteiger partial charge in [-0.3, -0.25) is 0 Å². The summed E-state index contributed by atoms with van der Waals surface area (Å²) in [7, 11) is 0. The number of carbonyl (C=O) groups excluding carboxylic acids is 1. The van der Waals surface area contributed by atoms with Crippen molar-refractivity contribution >= 4 is 5.97 Å². The van der Waals surface area contributed by atoms with Crippen molar-refractivity contribution in [1.29, 1.82) is 0 Å². The average Bonchev–Trinajstić information content (AvgIpc) is 2.81. The van der Waals surface area contributed by atoms with Gasteiger partial charge in [0, 0.05) is 24.0 Å². The third-order valence-electron chi connectivity index (χ3n) is 6.08. The summed E-state index contributed by atoms with van der Waals surface area (Å²) >= 11 is 0. The molecule has 31 heavy (non-hydrogen) atoms. The SMILES string of the molecule is CCC/C=C/C(=O)OC1CCC(c2ccc(-c3ncc(CCCCC)cn3)cc2)CC1. The van der Waals surface area contributed by atoms with Crippen molar-refractivity contribution in [3.05, 3.63) is 59.9 Å². The van der Waals surface area contributed by atoms with Crippen molar-refractivity contribution in [1.82, 2.24) is 9.97 Å². The number of unbranched alkanes of at least 4 members (excludes halogenated alkanes) is 3. The van der Waals surface area contributed by atoms with Gasteiger partial charge in [-0.25, -0.2) is 14.8 Å². The van der Waals surface area contributed by atoms with E-state index in [0.717, 1.165) is 56.3 Å². The number of benzene rings is 1. The van der Waals surface area contributed by atoms with Crippen molar-refractivity contribution in [3.63, 3.8) is 0 Å². The normalized spacial score (nSPS) is 18.9. The number of aryl methyl sites for hydroxylation is 1. The Bertz CT molecular complexity index is 819. The van der Waals surface area contributed by atoms with Crippen LogP contribution in [-0.2, 0) is 16.0 Å². The van der Waals surface area contributed by atoms with Crippen LogP contribution in [0, 0.1) is 0 Å². The lowest BCUT2D eigenvalue weighted by Gasteiger charge is -2.28. The lowest BCUT2D eigenvalue weighted by atomic mass is 9.82. The van der Waals surface area contributed by atoms with Gasteiger partial charge in [0.15, 0.2) is 5.82 Å². The van der Waals surface area contributed by atoms with E-state index in [-0.39, 0.29) is 12.1 Å². The minimum Gasteiger partial charge on any atom is -0.459 e. The minimum atomic E-state index is -0.197. The quantitative estimate of drug-likeness (QED) is 0.241. The molecule has 1 aromatic carbocycles. The monoisotopic (exact) mass is 420 g/mol. The van der Waals surface area contributed by atoms with Gasteiger partial charge in [0.1, 0.15) is 6.10 Å². The van der Waals surface area contributed by atoms with Crippen LogP contribution in [0.15, 0.2) is 48.8 Å². The van der Waals surface area contributed by atoms with E-state index in [9.17, 15) is 4.79 Å². The Balaban J connectivity index is 1.49. The van der Waals surface area contributed by atoms with E-state index < -0.39 is 0 Å². The second kappa shape index (κ2) is 12.4. The highest BCUT2D eigenvalue weighted by Gasteiger charge is 2.24. The van der Waals surface area contributed by atoms with Gasteiger partial charge in [-0.15, -0.1) is 0 Å². The zero-order valence-corrected chi connectivity index (χ0v) is 19.1. The molecule has 0 saturated heterocycles. The topological polar surface area (TPSA) is 52.1 Å². The summed E-state index contributed by atoms with van der Waals surface area (Å²) in [5.41, 5.74) is 3.63. The average molecular weight is 421 g/mol. The summed E-state index contributed by atoms with van der Waals surface area (Å²) in [5, 5.41) is 0. The first kappa shape index (κ1) is 23.2. The highest BCUT2D eigenvalue weighted by Crippen LogP contribution is 2.34. The van der Waals surface area contributed by atoms with Gasteiger partial charge in [-0.05, 0) is 62.0 Å². The number of carbonyl (C=O) groups is 1. The molecule has 1 aliphatic carbocycles. The van der Waals surface area contributed by atoms with Crippen molar-refractivity contribution < 1.29 is 9.53 Å². The van der Waals surface area contributed by atoms with Crippen molar-refractivity contribution in [2.45, 2.75) is 90.1 Å². The Labute approximate surface area is 187 Å². The van der Waals surface area contributed by atoms with Crippen LogP contribution in [0.5, 0.6) is 0 Å². The molecule has 1 heterocycles. The van der Waals surface area contributed by atoms with Crippen LogP contribution in [0.4, 0.5) is 0 Å². The summed E-state index contributed by atoms with van der Waals surface area (Å²) in [6, 6.07) is 8.68. The molecule has 0 unspecified atom stereocenters. The summed E-state index contributed by atoms with van der Waals surface area (Å²) < 4.78 is 5.60. The first-order chi connectivity index (χ1) is 15.2. The summed E-state index contributed by atoms with van der Waals surface area (Å²) in [5.74, 6) is 1.12. The molecule has 1 saturated carbocycles. The van der Waals surface area contributed by atoms with Gasteiger partial charge in [0.2, 0.25) is 0 Å². The van der Waals surface area contributed by atoms with E-state index in [1.165, 1.54) is 30.4 Å². The Morgan fingerprint density at radius 3 is 2.35 bits per heavy atom. The lowest BCUT2D eigenvalue weighted by molar-refractivity contribution is -0.144. The third kappa shape index (κ3) is 7.30. The molecule has 0 amide bonds. The Hall–Kier alpha value is -2.49. The summed E-state index contributed by atoms with van der Waals surface area (Å²) in [4.78, 5) is 21.0. The Kier molecular flexibility index (Phi) is 9.26. The second-order valence-electron chi connectivity index (χ2n) is 8.60. The van der Waals surface area contributed by atoms with Gasteiger partial charge in [0.25, 0.3) is 0 Å². The van der Waals surface area contributed by atoms with Gasteiger partial charge >= 0.3 is 5.97 Å². The Morgan fingerprint density at radius 1 is 1.00 bits per heavy atom. The van der Waals surface area contributed by atoms with Crippen LogP contribution in [0.1, 0.15) is 88.7 Å². The van der Waals surface area contributed by atoms with Crippen LogP contribution < -0.4 is 0 Å². The maximum atomic E-state index is 11.9. The fourth-order valence-corrected chi connectivity index (χ4v) is 4.18. The molecule has 4 nitrogen and oxygen atoms in total.